The fraction of sp³-hybridized carbons (Fsp3) is 0.148. The van der Waals surface area contributed by atoms with Gasteiger partial charge < -0.3 is 19.2 Å². The van der Waals surface area contributed by atoms with Crippen LogP contribution in [0.1, 0.15) is 29.5 Å². The molecular formula is C27H23FN2O5. The summed E-state index contributed by atoms with van der Waals surface area (Å²) in [6, 6.07) is 21.7. The summed E-state index contributed by atoms with van der Waals surface area (Å²) in [6.45, 7) is 2.30. The first-order valence-electron chi connectivity index (χ1n) is 11.0. The molecule has 0 aliphatic heterocycles. The predicted molar refractivity (Wildman–Crippen MR) is 129 cm³/mol. The largest absolute Gasteiger partial charge is 0.487 e. The van der Waals surface area contributed by atoms with Gasteiger partial charge in [0.25, 0.3) is 0 Å². The molecule has 0 atom stereocenters. The number of ether oxygens (including phenoxy) is 1. The van der Waals surface area contributed by atoms with Crippen LogP contribution in [0, 0.1) is 5.82 Å². The molecule has 0 saturated heterocycles. The smallest absolute Gasteiger partial charge is 0.336 e. The molecule has 0 aliphatic rings. The van der Waals surface area contributed by atoms with Crippen molar-refractivity contribution in [3.05, 3.63) is 96.0 Å². The molecule has 0 unspecified atom stereocenters. The van der Waals surface area contributed by atoms with Crippen LogP contribution in [0.2, 0.25) is 0 Å². The van der Waals surface area contributed by atoms with Crippen LogP contribution in [0.25, 0.3) is 22.4 Å². The lowest BCUT2D eigenvalue weighted by atomic mass is 9.99. The number of oxime groups is 1. The normalized spacial score (nSPS) is 11.3. The Balaban J connectivity index is 1.56. The van der Waals surface area contributed by atoms with Crippen LogP contribution < -0.4 is 4.74 Å². The van der Waals surface area contributed by atoms with Crippen LogP contribution in [-0.4, -0.2) is 35.2 Å². The molecule has 8 heteroatoms. The average Bonchev–Trinajstić information content (AvgIpc) is 3.37. The fourth-order valence-corrected chi connectivity index (χ4v) is 3.34. The fourth-order valence-electron chi connectivity index (χ4n) is 3.34. The second kappa shape index (κ2) is 11.1. The summed E-state index contributed by atoms with van der Waals surface area (Å²) in [5.74, 6) is -0.739. The number of carboxylic acids is 1. The van der Waals surface area contributed by atoms with E-state index >= 15 is 0 Å². The first-order chi connectivity index (χ1) is 17.0. The molecule has 3 aromatic carbocycles. The molecule has 35 heavy (non-hydrogen) atoms. The van der Waals surface area contributed by atoms with Gasteiger partial charge in [-0.15, -0.1) is 0 Å². The van der Waals surface area contributed by atoms with E-state index in [2.05, 4.69) is 10.3 Å². The van der Waals surface area contributed by atoms with Crippen LogP contribution in [0.5, 0.6) is 5.75 Å². The Kier molecular flexibility index (Phi) is 7.52. The van der Waals surface area contributed by atoms with Gasteiger partial charge in [0.15, 0.2) is 11.5 Å². The standard InChI is InChI=1S/C27H23FN2O5/c1-2-14-34-29-25(26-16-24(30-35-26)19-8-10-20(28)11-9-19)17-33-21-12-13-22(23(15-21)27(31)32)18-6-4-3-5-7-18/h3-13,15-16H,2,14,17H2,1H3,(H,31,32). The SMILES string of the molecule is CCCON=C(COc1ccc(-c2ccccc2)c(C(=O)O)c1)c1cc(-c2ccc(F)cc2)no1. The van der Waals surface area contributed by atoms with Crippen LogP contribution >= 0.6 is 0 Å². The Morgan fingerprint density at radius 3 is 2.51 bits per heavy atom. The van der Waals surface area contributed by atoms with Gasteiger partial charge in [-0.05, 0) is 60.0 Å². The van der Waals surface area contributed by atoms with E-state index in [1.807, 2.05) is 37.3 Å². The summed E-state index contributed by atoms with van der Waals surface area (Å²) in [7, 11) is 0. The Morgan fingerprint density at radius 2 is 1.80 bits per heavy atom. The summed E-state index contributed by atoms with van der Waals surface area (Å²) >= 11 is 0. The summed E-state index contributed by atoms with van der Waals surface area (Å²) in [4.78, 5) is 17.2. The zero-order valence-electron chi connectivity index (χ0n) is 19.0. The third-order valence-electron chi connectivity index (χ3n) is 5.09. The van der Waals surface area contributed by atoms with Crippen molar-refractivity contribution in [1.29, 1.82) is 0 Å². The Hall–Kier alpha value is -4.46. The highest BCUT2D eigenvalue weighted by Gasteiger charge is 2.17. The maximum absolute atomic E-state index is 13.2. The number of nitrogens with zero attached hydrogens (tertiary/aromatic N) is 2. The van der Waals surface area contributed by atoms with Gasteiger partial charge in [0.05, 0.1) is 5.56 Å². The molecule has 1 heterocycles. The number of rotatable bonds is 10. The molecule has 0 saturated carbocycles. The van der Waals surface area contributed by atoms with Crippen molar-refractivity contribution in [3.63, 3.8) is 0 Å². The zero-order chi connectivity index (χ0) is 24.6. The number of aromatic nitrogens is 1. The number of hydrogen-bond acceptors (Lipinski definition) is 6. The summed E-state index contributed by atoms with van der Waals surface area (Å²) in [6.07, 6.45) is 0.762. The van der Waals surface area contributed by atoms with Crippen LogP contribution in [0.15, 0.2) is 88.5 Å². The average molecular weight is 474 g/mol. The molecule has 0 bridgehead atoms. The van der Waals surface area contributed by atoms with E-state index in [-0.39, 0.29) is 18.0 Å². The second-order valence-electron chi connectivity index (χ2n) is 7.62. The van der Waals surface area contributed by atoms with Gasteiger partial charge >= 0.3 is 5.97 Å². The molecule has 7 nitrogen and oxygen atoms in total. The van der Waals surface area contributed by atoms with Gasteiger partial charge in [0.2, 0.25) is 0 Å². The minimum atomic E-state index is -1.06. The van der Waals surface area contributed by atoms with Gasteiger partial charge in [-0.25, -0.2) is 9.18 Å². The molecule has 178 valence electrons. The molecular weight excluding hydrogens is 451 g/mol. The van der Waals surface area contributed by atoms with Gasteiger partial charge in [0, 0.05) is 11.6 Å². The second-order valence-corrected chi connectivity index (χ2v) is 7.62. The summed E-state index contributed by atoms with van der Waals surface area (Å²) in [5.41, 5.74) is 3.02. The number of aromatic carboxylic acids is 1. The Morgan fingerprint density at radius 1 is 1.03 bits per heavy atom. The van der Waals surface area contributed by atoms with Crippen molar-refractivity contribution in [2.45, 2.75) is 13.3 Å². The molecule has 1 aromatic heterocycles. The molecule has 0 aliphatic carbocycles. The summed E-state index contributed by atoms with van der Waals surface area (Å²) in [5, 5.41) is 17.9. The third kappa shape index (κ3) is 5.92. The van der Waals surface area contributed by atoms with Crippen LogP contribution in [0.3, 0.4) is 0 Å². The third-order valence-corrected chi connectivity index (χ3v) is 5.09. The molecule has 0 amide bonds. The number of hydrogen-bond donors (Lipinski definition) is 1. The minimum absolute atomic E-state index is 0.0501. The lowest BCUT2D eigenvalue weighted by Gasteiger charge is -2.11. The van der Waals surface area contributed by atoms with Gasteiger partial charge in [-0.1, -0.05) is 47.6 Å². The monoisotopic (exact) mass is 474 g/mol. The van der Waals surface area contributed by atoms with Gasteiger partial charge in [0.1, 0.15) is 30.5 Å². The van der Waals surface area contributed by atoms with Gasteiger partial charge in [-0.2, -0.15) is 0 Å². The minimum Gasteiger partial charge on any atom is -0.487 e. The first-order valence-corrected chi connectivity index (χ1v) is 11.0. The Labute approximate surface area is 201 Å². The lowest BCUT2D eigenvalue weighted by molar-refractivity contribution is 0.0697. The molecule has 0 spiro atoms. The van der Waals surface area contributed by atoms with Gasteiger partial charge in [-0.3, -0.25) is 0 Å². The van der Waals surface area contributed by atoms with Crippen molar-refractivity contribution < 1.29 is 28.4 Å². The van der Waals surface area contributed by atoms with E-state index in [0.29, 0.717) is 40.6 Å². The molecule has 4 aromatic rings. The quantitative estimate of drug-likeness (QED) is 0.171. The highest BCUT2D eigenvalue weighted by atomic mass is 19.1. The van der Waals surface area contributed by atoms with Crippen LogP contribution in [-0.2, 0) is 4.84 Å². The van der Waals surface area contributed by atoms with E-state index in [1.165, 1.54) is 18.2 Å². The number of benzene rings is 3. The highest BCUT2D eigenvalue weighted by molar-refractivity contribution is 6.00. The highest BCUT2D eigenvalue weighted by Crippen LogP contribution is 2.28. The molecule has 0 fully saturated rings. The van der Waals surface area contributed by atoms with E-state index in [9.17, 15) is 14.3 Å². The maximum atomic E-state index is 13.2. The molecule has 4 rings (SSSR count). The van der Waals surface area contributed by atoms with Crippen molar-refractivity contribution in [2.75, 3.05) is 13.2 Å². The lowest BCUT2D eigenvalue weighted by Crippen LogP contribution is -2.14. The molecule has 1 N–H and O–H groups in total. The van der Waals surface area contributed by atoms with E-state index in [1.54, 1.807) is 30.3 Å². The Bertz CT molecular complexity index is 1320. The van der Waals surface area contributed by atoms with E-state index in [4.69, 9.17) is 14.1 Å². The summed E-state index contributed by atoms with van der Waals surface area (Å²) < 4.78 is 24.5. The van der Waals surface area contributed by atoms with Crippen molar-refractivity contribution in [3.8, 4) is 28.1 Å². The van der Waals surface area contributed by atoms with Crippen molar-refractivity contribution in [2.24, 2.45) is 5.16 Å². The number of carboxylic acid groups (broad SMARTS) is 1. The zero-order valence-corrected chi connectivity index (χ0v) is 19.0. The topological polar surface area (TPSA) is 94.2 Å². The maximum Gasteiger partial charge on any atom is 0.336 e. The van der Waals surface area contributed by atoms with Crippen molar-refractivity contribution in [1.82, 2.24) is 5.16 Å². The van der Waals surface area contributed by atoms with Crippen molar-refractivity contribution >= 4 is 11.7 Å². The van der Waals surface area contributed by atoms with E-state index < -0.39 is 5.97 Å². The molecule has 0 radical (unpaired) electrons. The first kappa shape index (κ1) is 23.7. The number of carbonyl (C=O) groups is 1. The van der Waals surface area contributed by atoms with E-state index in [0.717, 1.165) is 12.0 Å². The van der Waals surface area contributed by atoms with Crippen LogP contribution in [0.4, 0.5) is 4.39 Å². The number of halogens is 1. The predicted octanol–water partition coefficient (Wildman–Crippen LogP) is 6.06.